The molecule has 0 spiro atoms. The average molecular weight is 457 g/mol. The number of carboxylic acids is 1. The van der Waals surface area contributed by atoms with E-state index in [0.717, 1.165) is 16.0 Å². The highest BCUT2D eigenvalue weighted by Crippen LogP contribution is 2.53. The number of aromatic nitrogens is 1. The molecular weight excluding hydrogens is 434 g/mol. The van der Waals surface area contributed by atoms with Crippen molar-refractivity contribution in [2.45, 2.75) is 40.3 Å². The second-order valence-corrected chi connectivity index (χ2v) is 10.3. The molecular formula is C22H22N3O4S2+. The molecule has 4 rings (SSSR count). The molecule has 1 aromatic heterocycles. The zero-order valence-electron chi connectivity index (χ0n) is 16.6. The number of hydrogen-bond acceptors (Lipinski definition) is 6. The number of aliphatic carboxylic acids is 1. The first-order valence-electron chi connectivity index (χ1n) is 9.93. The van der Waals surface area contributed by atoms with Crippen molar-refractivity contribution in [1.82, 2.24) is 4.90 Å². The number of nitriles is 1. The third-order valence-corrected chi connectivity index (χ3v) is 8.47. The van der Waals surface area contributed by atoms with Crippen molar-refractivity contribution in [2.24, 2.45) is 5.92 Å². The van der Waals surface area contributed by atoms with Crippen molar-refractivity contribution in [3.05, 3.63) is 59.9 Å². The minimum atomic E-state index is -0.992. The highest BCUT2D eigenvalue weighted by Gasteiger charge is 2.60. The van der Waals surface area contributed by atoms with Gasteiger partial charge < -0.3 is 15.1 Å². The number of fused-ring (bicyclic) bond motifs is 1. The van der Waals surface area contributed by atoms with Crippen molar-refractivity contribution in [3.63, 3.8) is 0 Å². The molecule has 0 radical (unpaired) electrons. The molecule has 0 bridgehead atoms. The summed E-state index contributed by atoms with van der Waals surface area (Å²) in [6.07, 6.45) is 4.67. The summed E-state index contributed by atoms with van der Waals surface area (Å²) in [5.41, 5.74) is 2.06. The Bertz CT molecular complexity index is 1020. The predicted octanol–water partition coefficient (Wildman–Crippen LogP) is 1.87. The summed E-state index contributed by atoms with van der Waals surface area (Å²) in [5.74, 6) is -1.46. The minimum Gasteiger partial charge on any atom is -0.480 e. The molecule has 4 atom stereocenters. The van der Waals surface area contributed by atoms with E-state index in [1.54, 1.807) is 0 Å². The largest absolute Gasteiger partial charge is 0.480 e. The summed E-state index contributed by atoms with van der Waals surface area (Å²) in [5, 5.41) is 27.6. The summed E-state index contributed by atoms with van der Waals surface area (Å²) in [4.78, 5) is 26.6. The number of benzene rings is 1. The predicted molar refractivity (Wildman–Crippen MR) is 116 cm³/mol. The van der Waals surface area contributed by atoms with E-state index >= 15 is 0 Å². The molecule has 3 unspecified atom stereocenters. The minimum absolute atomic E-state index is 0.0737. The van der Waals surface area contributed by atoms with Gasteiger partial charge in [0.2, 0.25) is 5.91 Å². The fourth-order valence-electron chi connectivity index (χ4n) is 3.97. The second-order valence-electron chi connectivity index (χ2n) is 7.52. The van der Waals surface area contributed by atoms with E-state index in [0.29, 0.717) is 19.4 Å². The lowest BCUT2D eigenvalue weighted by Gasteiger charge is -2.43. The summed E-state index contributed by atoms with van der Waals surface area (Å²) >= 11 is 2.97. The Morgan fingerprint density at radius 3 is 2.71 bits per heavy atom. The molecule has 3 heterocycles. The van der Waals surface area contributed by atoms with Crippen LogP contribution in [-0.2, 0) is 22.6 Å². The Balaban J connectivity index is 1.43. The molecule has 0 aliphatic carbocycles. The highest BCUT2D eigenvalue weighted by molar-refractivity contribution is 8.17. The first kappa shape index (κ1) is 21.7. The Kier molecular flexibility index (Phi) is 6.51. The summed E-state index contributed by atoms with van der Waals surface area (Å²) in [6.45, 7) is 0.600. The van der Waals surface area contributed by atoms with Gasteiger partial charge >= 0.3 is 5.97 Å². The van der Waals surface area contributed by atoms with Gasteiger partial charge in [-0.25, -0.2) is 9.36 Å². The Morgan fingerprint density at radius 2 is 2.03 bits per heavy atom. The number of carboxylic acid groups (broad SMARTS) is 1. The number of carbonyl (C=O) groups is 2. The van der Waals surface area contributed by atoms with E-state index in [2.05, 4.69) is 6.07 Å². The van der Waals surface area contributed by atoms with Gasteiger partial charge in [0.25, 0.3) is 0 Å². The van der Waals surface area contributed by atoms with Gasteiger partial charge in [-0.15, -0.1) is 23.5 Å². The van der Waals surface area contributed by atoms with Gasteiger partial charge in [0.1, 0.15) is 0 Å². The molecule has 1 amide bonds. The molecule has 31 heavy (non-hydrogen) atoms. The maximum atomic E-state index is 12.3. The monoisotopic (exact) mass is 456 g/mol. The molecule has 2 aliphatic rings. The summed E-state index contributed by atoms with van der Waals surface area (Å²) in [7, 11) is 0. The lowest BCUT2D eigenvalue weighted by molar-refractivity contribution is -0.688. The molecule has 1 aromatic carbocycles. The van der Waals surface area contributed by atoms with E-state index in [4.69, 9.17) is 5.26 Å². The van der Waals surface area contributed by atoms with E-state index in [-0.39, 0.29) is 28.4 Å². The fraction of sp³-hybridized carbons (Fsp3) is 0.364. The normalized spacial score (nSPS) is 24.4. The van der Waals surface area contributed by atoms with Crippen LogP contribution in [0.5, 0.6) is 0 Å². The van der Waals surface area contributed by atoms with Gasteiger partial charge in [-0.1, -0.05) is 12.1 Å². The average Bonchev–Trinajstić information content (AvgIpc) is 3.09. The lowest BCUT2D eigenvalue weighted by atomic mass is 9.93. The van der Waals surface area contributed by atoms with Gasteiger partial charge in [-0.3, -0.25) is 4.79 Å². The molecule has 160 valence electrons. The van der Waals surface area contributed by atoms with Gasteiger partial charge in [0.05, 0.1) is 28.4 Å². The first-order chi connectivity index (χ1) is 15.0. The number of aliphatic hydroxyl groups excluding tert-OH is 1. The third kappa shape index (κ3) is 4.42. The van der Waals surface area contributed by atoms with Gasteiger partial charge in [-0.05, 0) is 24.6 Å². The fourth-order valence-corrected chi connectivity index (χ4v) is 7.29. The molecule has 2 aromatic rings. The lowest BCUT2D eigenvalue weighted by Crippen LogP contribution is -2.61. The highest BCUT2D eigenvalue weighted by atomic mass is 32.2. The SMILES string of the molecule is N#CCc1ccc[n+](Cc2ccc(SC3SC4[C@@H](CCO)C(=O)N4C3C(=O)O)cc2)c1. The molecule has 0 saturated carbocycles. The van der Waals surface area contributed by atoms with Crippen molar-refractivity contribution < 1.29 is 24.4 Å². The smallest absolute Gasteiger partial charge is 0.328 e. The van der Waals surface area contributed by atoms with Gasteiger partial charge in [0, 0.05) is 28.7 Å². The number of rotatable bonds is 8. The maximum absolute atomic E-state index is 12.3. The Labute approximate surface area is 188 Å². The molecule has 2 saturated heterocycles. The van der Waals surface area contributed by atoms with Crippen LogP contribution in [0.1, 0.15) is 17.5 Å². The van der Waals surface area contributed by atoms with E-state index in [1.165, 1.54) is 28.4 Å². The van der Waals surface area contributed by atoms with Crippen LogP contribution < -0.4 is 4.57 Å². The molecule has 2 N–H and O–H groups in total. The van der Waals surface area contributed by atoms with Gasteiger partial charge in [-0.2, -0.15) is 5.26 Å². The van der Waals surface area contributed by atoms with Crippen molar-refractivity contribution in [2.75, 3.05) is 6.61 Å². The number of β-lactam (4-membered cyclic amide) rings is 1. The molecule has 9 heteroatoms. The topological polar surface area (TPSA) is 106 Å². The number of hydrogen-bond donors (Lipinski definition) is 2. The Hall–Kier alpha value is -2.54. The van der Waals surface area contributed by atoms with E-state index in [9.17, 15) is 19.8 Å². The van der Waals surface area contributed by atoms with E-state index < -0.39 is 12.0 Å². The standard InChI is InChI=1S/C22H21N3O4S2/c23-9-7-14-2-1-10-24(12-14)13-15-3-5-16(6-4-15)30-22-18(21(28)29)25-19(27)17(8-11-26)20(25)31-22/h1-6,10,12,17-18,20,22,26H,7-8,11,13H2/p+1/t17-,18?,20?,22?/m0/s1. The quantitative estimate of drug-likeness (QED) is 0.461. The number of nitrogens with zero attached hydrogens (tertiary/aromatic N) is 3. The van der Waals surface area contributed by atoms with Crippen LogP contribution in [0.25, 0.3) is 0 Å². The molecule has 2 fully saturated rings. The van der Waals surface area contributed by atoms with E-state index in [1.807, 2.05) is 53.4 Å². The van der Waals surface area contributed by atoms with Crippen LogP contribution >= 0.6 is 23.5 Å². The van der Waals surface area contributed by atoms with Crippen molar-refractivity contribution in [1.29, 1.82) is 5.26 Å². The van der Waals surface area contributed by atoms with Crippen LogP contribution in [-0.4, -0.2) is 49.6 Å². The van der Waals surface area contributed by atoms with Crippen LogP contribution in [0.2, 0.25) is 0 Å². The zero-order valence-corrected chi connectivity index (χ0v) is 18.3. The van der Waals surface area contributed by atoms with Crippen LogP contribution in [0.15, 0.2) is 53.7 Å². The first-order valence-corrected chi connectivity index (χ1v) is 11.8. The molecule has 7 nitrogen and oxygen atoms in total. The summed E-state index contributed by atoms with van der Waals surface area (Å²) in [6, 6.07) is 13.1. The number of amides is 1. The zero-order chi connectivity index (χ0) is 22.0. The van der Waals surface area contributed by atoms with Crippen LogP contribution in [0, 0.1) is 17.2 Å². The van der Waals surface area contributed by atoms with Crippen molar-refractivity contribution in [3.8, 4) is 6.07 Å². The van der Waals surface area contributed by atoms with Gasteiger partial charge in [0.15, 0.2) is 25.0 Å². The Morgan fingerprint density at radius 1 is 1.26 bits per heavy atom. The number of aliphatic hydroxyl groups is 1. The van der Waals surface area contributed by atoms with Crippen LogP contribution in [0.4, 0.5) is 0 Å². The molecule has 2 aliphatic heterocycles. The third-order valence-electron chi connectivity index (χ3n) is 5.46. The summed E-state index contributed by atoms with van der Waals surface area (Å²) < 4.78 is 1.73. The number of thioether (sulfide) groups is 2. The number of pyridine rings is 1. The number of carbonyl (C=O) groups excluding carboxylic acids is 1. The van der Waals surface area contributed by atoms with Crippen molar-refractivity contribution >= 4 is 35.4 Å². The maximum Gasteiger partial charge on any atom is 0.328 e. The van der Waals surface area contributed by atoms with Crippen LogP contribution in [0.3, 0.4) is 0 Å². The second kappa shape index (κ2) is 9.30.